The topological polar surface area (TPSA) is 37.3 Å². The van der Waals surface area contributed by atoms with Crippen molar-refractivity contribution < 1.29 is 9.90 Å². The minimum absolute atomic E-state index is 0.0268. The minimum atomic E-state index is 0.0268. The Kier molecular flexibility index (Phi) is 2.60. The summed E-state index contributed by atoms with van der Waals surface area (Å²) in [5.41, 5.74) is 0.0750. The van der Waals surface area contributed by atoms with Crippen LogP contribution in [0, 0.1) is 5.41 Å². The summed E-state index contributed by atoms with van der Waals surface area (Å²) >= 11 is 4.03. The molecule has 1 spiro atoms. The lowest BCUT2D eigenvalue weighted by Gasteiger charge is -2.39. The van der Waals surface area contributed by atoms with Gasteiger partial charge in [0.25, 0.3) is 0 Å². The molecule has 0 aromatic carbocycles. The fourth-order valence-electron chi connectivity index (χ4n) is 2.74. The first-order valence-electron chi connectivity index (χ1n) is 5.27. The normalized spacial score (nSPS) is 27.1. The summed E-state index contributed by atoms with van der Waals surface area (Å²) in [7, 11) is 0. The number of thiol groups is 1. The predicted octanol–water partition coefficient (Wildman–Crippen LogP) is 3.00. The average Bonchev–Trinajstić information content (AvgIpc) is 2.15. The summed E-state index contributed by atoms with van der Waals surface area (Å²) < 4.78 is 0. The van der Waals surface area contributed by atoms with Gasteiger partial charge in [0.05, 0.1) is 4.91 Å². The van der Waals surface area contributed by atoms with Gasteiger partial charge >= 0.3 is 0 Å². The third-order valence-corrected chi connectivity index (χ3v) is 4.04. The fourth-order valence-corrected chi connectivity index (χ4v) is 2.90. The highest BCUT2D eigenvalue weighted by molar-refractivity contribution is 7.85. The molecule has 3 heteroatoms. The molecule has 0 radical (unpaired) electrons. The molecule has 0 aromatic rings. The molecule has 0 atom stereocenters. The number of hydrogen-bond donors (Lipinski definition) is 2. The summed E-state index contributed by atoms with van der Waals surface area (Å²) in [6.07, 6.45) is 7.10. The molecule has 2 aliphatic rings. The minimum Gasteiger partial charge on any atom is -0.511 e. The first-order valence-corrected chi connectivity index (χ1v) is 5.72. The third-order valence-electron chi connectivity index (χ3n) is 3.53. The second-order valence-electron chi connectivity index (χ2n) is 4.63. The summed E-state index contributed by atoms with van der Waals surface area (Å²) in [6, 6.07) is 0. The zero-order chi connectivity index (χ0) is 10.2. The smallest absolute Gasteiger partial charge is 0.172 e. The van der Waals surface area contributed by atoms with E-state index in [1.54, 1.807) is 0 Å². The van der Waals surface area contributed by atoms with Gasteiger partial charge in [-0.25, -0.2) is 0 Å². The molecule has 0 saturated heterocycles. The highest BCUT2D eigenvalue weighted by Crippen LogP contribution is 2.47. The van der Waals surface area contributed by atoms with Gasteiger partial charge in [-0.05, 0) is 18.3 Å². The largest absolute Gasteiger partial charge is 0.511 e. The van der Waals surface area contributed by atoms with E-state index in [9.17, 15) is 9.90 Å². The van der Waals surface area contributed by atoms with Gasteiger partial charge in [-0.15, -0.1) is 12.6 Å². The summed E-state index contributed by atoms with van der Waals surface area (Å²) in [5.74, 6) is 0.241. The Hall–Kier alpha value is -0.440. The van der Waals surface area contributed by atoms with Crippen LogP contribution in [0.5, 0.6) is 0 Å². The van der Waals surface area contributed by atoms with Crippen molar-refractivity contribution in [2.24, 2.45) is 5.41 Å². The average molecular weight is 212 g/mol. The van der Waals surface area contributed by atoms with E-state index in [0.29, 0.717) is 17.7 Å². The molecule has 2 nitrogen and oxygen atoms in total. The maximum atomic E-state index is 11.6. The first kappa shape index (κ1) is 10.1. The number of allylic oxidation sites excluding steroid dienone is 2. The summed E-state index contributed by atoms with van der Waals surface area (Å²) in [4.78, 5) is 11.9. The summed E-state index contributed by atoms with van der Waals surface area (Å²) in [6.45, 7) is 0. The lowest BCUT2D eigenvalue weighted by molar-refractivity contribution is -0.118. The molecule has 2 rings (SSSR count). The highest BCUT2D eigenvalue weighted by atomic mass is 32.1. The van der Waals surface area contributed by atoms with Gasteiger partial charge in [-0.1, -0.05) is 19.3 Å². The SMILES string of the molecule is O=C1CC2(CCCCC2)CC(O)=C1S. The van der Waals surface area contributed by atoms with Gasteiger partial charge in [0.1, 0.15) is 5.76 Å². The van der Waals surface area contributed by atoms with Crippen LogP contribution < -0.4 is 0 Å². The van der Waals surface area contributed by atoms with Crippen LogP contribution in [0.4, 0.5) is 0 Å². The van der Waals surface area contributed by atoms with E-state index >= 15 is 0 Å². The lowest BCUT2D eigenvalue weighted by Crippen LogP contribution is -2.32. The number of rotatable bonds is 0. The molecular weight excluding hydrogens is 196 g/mol. The predicted molar refractivity (Wildman–Crippen MR) is 58.4 cm³/mol. The van der Waals surface area contributed by atoms with Crippen LogP contribution in [0.15, 0.2) is 10.7 Å². The molecule has 1 saturated carbocycles. The fraction of sp³-hybridized carbons (Fsp3) is 0.727. The molecular formula is C11H16O2S. The zero-order valence-electron chi connectivity index (χ0n) is 8.25. The molecule has 0 bridgehead atoms. The second kappa shape index (κ2) is 3.61. The molecule has 0 unspecified atom stereocenters. The molecule has 1 fully saturated rings. The van der Waals surface area contributed by atoms with Crippen molar-refractivity contribution in [1.82, 2.24) is 0 Å². The van der Waals surface area contributed by atoms with E-state index in [1.807, 2.05) is 0 Å². The molecule has 0 heterocycles. The monoisotopic (exact) mass is 212 g/mol. The third kappa shape index (κ3) is 1.70. The van der Waals surface area contributed by atoms with Gasteiger partial charge in [0, 0.05) is 12.8 Å². The molecule has 78 valence electrons. The number of ketones is 1. The van der Waals surface area contributed by atoms with Crippen LogP contribution in [0.3, 0.4) is 0 Å². The number of aliphatic hydroxyl groups excluding tert-OH is 1. The van der Waals surface area contributed by atoms with Gasteiger partial charge < -0.3 is 5.11 Å². The van der Waals surface area contributed by atoms with Crippen molar-refractivity contribution in [3.8, 4) is 0 Å². The standard InChI is InChI=1S/C11H16O2S/c12-8-6-11(4-2-1-3-5-11)7-9(13)10(8)14/h12,14H,1-7H2. The van der Waals surface area contributed by atoms with Crippen molar-refractivity contribution in [2.75, 3.05) is 0 Å². The van der Waals surface area contributed by atoms with E-state index in [0.717, 1.165) is 12.8 Å². The quantitative estimate of drug-likeness (QED) is 0.606. The van der Waals surface area contributed by atoms with Crippen LogP contribution >= 0.6 is 12.6 Å². The van der Waals surface area contributed by atoms with Crippen LogP contribution in [0.2, 0.25) is 0 Å². The zero-order valence-corrected chi connectivity index (χ0v) is 9.15. The van der Waals surface area contributed by atoms with Crippen LogP contribution in [0.25, 0.3) is 0 Å². The Balaban J connectivity index is 2.21. The van der Waals surface area contributed by atoms with Gasteiger partial charge in [-0.3, -0.25) is 4.79 Å². The molecule has 14 heavy (non-hydrogen) atoms. The first-order chi connectivity index (χ1) is 6.63. The van der Waals surface area contributed by atoms with Crippen LogP contribution in [-0.2, 0) is 4.79 Å². The Morgan fingerprint density at radius 3 is 2.36 bits per heavy atom. The molecule has 1 N–H and O–H groups in total. The number of hydrogen-bond acceptors (Lipinski definition) is 3. The Morgan fingerprint density at radius 1 is 1.14 bits per heavy atom. The van der Waals surface area contributed by atoms with Crippen molar-refractivity contribution in [2.45, 2.75) is 44.9 Å². The van der Waals surface area contributed by atoms with E-state index < -0.39 is 0 Å². The van der Waals surface area contributed by atoms with E-state index in [-0.39, 0.29) is 17.0 Å². The number of Topliss-reactive ketones (excluding diaryl/α,β-unsaturated/α-hetero) is 1. The molecule has 0 amide bonds. The van der Waals surface area contributed by atoms with Crippen LogP contribution in [0.1, 0.15) is 44.9 Å². The Labute approximate surface area is 89.8 Å². The van der Waals surface area contributed by atoms with Crippen molar-refractivity contribution >= 4 is 18.4 Å². The molecule has 0 aliphatic heterocycles. The van der Waals surface area contributed by atoms with Crippen molar-refractivity contribution in [3.05, 3.63) is 10.7 Å². The Morgan fingerprint density at radius 2 is 1.79 bits per heavy atom. The maximum Gasteiger partial charge on any atom is 0.172 e. The highest BCUT2D eigenvalue weighted by Gasteiger charge is 2.39. The van der Waals surface area contributed by atoms with Gasteiger partial charge in [0.2, 0.25) is 0 Å². The van der Waals surface area contributed by atoms with Crippen LogP contribution in [-0.4, -0.2) is 10.9 Å². The summed E-state index contributed by atoms with van der Waals surface area (Å²) in [5, 5.41) is 9.65. The number of carbonyl (C=O) groups is 1. The van der Waals surface area contributed by atoms with Crippen molar-refractivity contribution in [1.29, 1.82) is 0 Å². The lowest BCUT2D eigenvalue weighted by atomic mass is 9.66. The number of carbonyl (C=O) groups excluding carboxylic acids is 1. The molecule has 2 aliphatic carbocycles. The second-order valence-corrected chi connectivity index (χ2v) is 5.08. The molecule has 0 aromatic heterocycles. The van der Waals surface area contributed by atoms with Gasteiger partial charge in [0.15, 0.2) is 5.78 Å². The van der Waals surface area contributed by atoms with E-state index in [1.165, 1.54) is 19.3 Å². The number of aliphatic hydroxyl groups is 1. The van der Waals surface area contributed by atoms with E-state index in [2.05, 4.69) is 12.6 Å². The maximum absolute atomic E-state index is 11.6. The van der Waals surface area contributed by atoms with Crippen molar-refractivity contribution in [3.63, 3.8) is 0 Å². The van der Waals surface area contributed by atoms with E-state index in [4.69, 9.17) is 0 Å². The van der Waals surface area contributed by atoms with Gasteiger partial charge in [-0.2, -0.15) is 0 Å². The Bertz CT molecular complexity index is 288.